The van der Waals surface area contributed by atoms with Gasteiger partial charge in [0, 0.05) is 12.1 Å². The van der Waals surface area contributed by atoms with E-state index in [-0.39, 0.29) is 11.8 Å². The molecule has 5 nitrogen and oxygen atoms in total. The Kier molecular flexibility index (Phi) is 4.44. The molecule has 5 heteroatoms. The molecule has 1 unspecified atom stereocenters. The Bertz CT molecular complexity index is 637. The molecular weight excluding hydrogens is 280 g/mol. The van der Waals surface area contributed by atoms with Crippen molar-refractivity contribution in [2.45, 2.75) is 25.9 Å². The average molecular weight is 300 g/mol. The van der Waals surface area contributed by atoms with Crippen molar-refractivity contribution in [1.82, 2.24) is 5.32 Å². The van der Waals surface area contributed by atoms with Crippen LogP contribution in [0.15, 0.2) is 41.0 Å². The van der Waals surface area contributed by atoms with Crippen molar-refractivity contribution in [2.24, 2.45) is 0 Å². The summed E-state index contributed by atoms with van der Waals surface area (Å²) >= 11 is 0. The molecule has 2 N–H and O–H groups in total. The number of carbonyl (C=O) groups excluding carboxylic acids is 1. The second-order valence-corrected chi connectivity index (χ2v) is 5.27. The highest BCUT2D eigenvalue weighted by molar-refractivity contribution is 6.01. The van der Waals surface area contributed by atoms with E-state index in [1.807, 2.05) is 37.3 Å². The first-order chi connectivity index (χ1) is 10.8. The Morgan fingerprint density at radius 1 is 1.41 bits per heavy atom. The largest absolute Gasteiger partial charge is 0.490 e. The first kappa shape index (κ1) is 14.7. The third-order valence-corrected chi connectivity index (χ3v) is 3.77. The van der Waals surface area contributed by atoms with Gasteiger partial charge in [0.15, 0.2) is 5.78 Å². The van der Waals surface area contributed by atoms with Crippen molar-refractivity contribution < 1.29 is 13.9 Å². The second kappa shape index (κ2) is 6.66. The van der Waals surface area contributed by atoms with Gasteiger partial charge in [0.1, 0.15) is 18.1 Å². The Morgan fingerprint density at radius 3 is 3.09 bits per heavy atom. The highest BCUT2D eigenvalue weighted by Crippen LogP contribution is 2.28. The van der Waals surface area contributed by atoms with Crippen LogP contribution in [0.5, 0.6) is 5.75 Å². The number of hydrogen-bond acceptors (Lipinski definition) is 5. The van der Waals surface area contributed by atoms with Crippen LogP contribution in [-0.4, -0.2) is 25.0 Å². The standard InChI is InChI=1S/C17H20N2O3/c1-2-14(19-11-13-4-3-8-21-13)17(20)12-5-6-16-15(10-12)18-7-9-22-16/h3-6,8,10,14,18-19H,2,7,9,11H2,1H3. The molecule has 1 aliphatic rings. The lowest BCUT2D eigenvalue weighted by Crippen LogP contribution is -2.35. The van der Waals surface area contributed by atoms with E-state index in [0.717, 1.165) is 30.2 Å². The van der Waals surface area contributed by atoms with Crippen LogP contribution in [0, 0.1) is 0 Å². The van der Waals surface area contributed by atoms with Gasteiger partial charge >= 0.3 is 0 Å². The molecule has 22 heavy (non-hydrogen) atoms. The van der Waals surface area contributed by atoms with Crippen LogP contribution in [0.25, 0.3) is 0 Å². The van der Waals surface area contributed by atoms with Gasteiger partial charge < -0.3 is 19.8 Å². The molecule has 1 aromatic carbocycles. The summed E-state index contributed by atoms with van der Waals surface area (Å²) in [5.41, 5.74) is 1.58. The Labute approximate surface area is 129 Å². The number of furan rings is 1. The Morgan fingerprint density at radius 2 is 2.32 bits per heavy atom. The SMILES string of the molecule is CCC(NCc1ccco1)C(=O)c1ccc2c(c1)NCCO2. The summed E-state index contributed by atoms with van der Waals surface area (Å²) in [6.45, 7) is 3.96. The molecule has 2 aromatic rings. The number of ether oxygens (including phenoxy) is 1. The molecular formula is C17H20N2O3. The molecule has 0 amide bonds. The lowest BCUT2D eigenvalue weighted by molar-refractivity contribution is 0.0938. The van der Waals surface area contributed by atoms with Gasteiger partial charge in [-0.05, 0) is 36.8 Å². The minimum atomic E-state index is -0.229. The molecule has 3 rings (SSSR count). The average Bonchev–Trinajstić information content (AvgIpc) is 3.08. The predicted molar refractivity (Wildman–Crippen MR) is 84.4 cm³/mol. The van der Waals surface area contributed by atoms with Gasteiger partial charge in [-0.25, -0.2) is 0 Å². The van der Waals surface area contributed by atoms with E-state index < -0.39 is 0 Å². The van der Waals surface area contributed by atoms with E-state index in [9.17, 15) is 4.79 Å². The number of hydrogen-bond donors (Lipinski definition) is 2. The number of rotatable bonds is 6. The fourth-order valence-electron chi connectivity index (χ4n) is 2.55. The van der Waals surface area contributed by atoms with Crippen LogP contribution in [0.4, 0.5) is 5.69 Å². The predicted octanol–water partition coefficient (Wildman–Crippen LogP) is 2.84. The maximum Gasteiger partial charge on any atom is 0.179 e. The van der Waals surface area contributed by atoms with Gasteiger partial charge in [0.05, 0.1) is 24.5 Å². The normalized spacial score (nSPS) is 14.6. The smallest absolute Gasteiger partial charge is 0.179 e. The number of Topliss-reactive ketones (excluding diaryl/α,β-unsaturated/α-hetero) is 1. The van der Waals surface area contributed by atoms with Crippen LogP contribution >= 0.6 is 0 Å². The van der Waals surface area contributed by atoms with E-state index >= 15 is 0 Å². The van der Waals surface area contributed by atoms with Crippen LogP contribution < -0.4 is 15.4 Å². The molecule has 0 spiro atoms. The van der Waals surface area contributed by atoms with Crippen LogP contribution in [0.3, 0.4) is 0 Å². The van der Waals surface area contributed by atoms with E-state index in [4.69, 9.17) is 9.15 Å². The number of fused-ring (bicyclic) bond motifs is 1. The Hall–Kier alpha value is -2.27. The zero-order valence-electron chi connectivity index (χ0n) is 12.6. The summed E-state index contributed by atoms with van der Waals surface area (Å²) < 4.78 is 10.8. The Balaban J connectivity index is 1.70. The summed E-state index contributed by atoms with van der Waals surface area (Å²) in [7, 11) is 0. The fraction of sp³-hybridized carbons (Fsp3) is 0.353. The lowest BCUT2D eigenvalue weighted by atomic mass is 10.0. The summed E-state index contributed by atoms with van der Waals surface area (Å²) in [5.74, 6) is 1.72. The molecule has 1 aromatic heterocycles. The third-order valence-electron chi connectivity index (χ3n) is 3.77. The van der Waals surface area contributed by atoms with Crippen LogP contribution in [0.1, 0.15) is 29.5 Å². The monoisotopic (exact) mass is 300 g/mol. The van der Waals surface area contributed by atoms with Crippen molar-refractivity contribution in [2.75, 3.05) is 18.5 Å². The number of nitrogens with one attached hydrogen (secondary N) is 2. The summed E-state index contributed by atoms with van der Waals surface area (Å²) in [4.78, 5) is 12.7. The number of benzene rings is 1. The van der Waals surface area contributed by atoms with Gasteiger partial charge in [-0.15, -0.1) is 0 Å². The van der Waals surface area contributed by atoms with Crippen molar-refractivity contribution in [3.05, 3.63) is 47.9 Å². The zero-order valence-corrected chi connectivity index (χ0v) is 12.6. The van der Waals surface area contributed by atoms with E-state index in [1.54, 1.807) is 6.26 Å². The molecule has 116 valence electrons. The number of carbonyl (C=O) groups is 1. The maximum atomic E-state index is 12.7. The molecule has 0 radical (unpaired) electrons. The minimum absolute atomic E-state index is 0.0872. The number of anilines is 1. The molecule has 0 bridgehead atoms. The molecule has 1 atom stereocenters. The van der Waals surface area contributed by atoms with E-state index in [2.05, 4.69) is 10.6 Å². The molecule has 0 saturated carbocycles. The maximum absolute atomic E-state index is 12.7. The van der Waals surface area contributed by atoms with Gasteiger partial charge in [-0.1, -0.05) is 6.92 Å². The van der Waals surface area contributed by atoms with Crippen molar-refractivity contribution >= 4 is 11.5 Å². The van der Waals surface area contributed by atoms with Crippen molar-refractivity contribution in [3.8, 4) is 5.75 Å². The second-order valence-electron chi connectivity index (χ2n) is 5.27. The van der Waals surface area contributed by atoms with Crippen molar-refractivity contribution in [1.29, 1.82) is 0 Å². The summed E-state index contributed by atoms with van der Waals surface area (Å²) in [6.07, 6.45) is 2.36. The fourth-order valence-corrected chi connectivity index (χ4v) is 2.55. The third kappa shape index (κ3) is 3.14. The molecule has 0 aliphatic carbocycles. The van der Waals surface area contributed by atoms with Crippen molar-refractivity contribution in [3.63, 3.8) is 0 Å². The molecule has 0 saturated heterocycles. The number of ketones is 1. The minimum Gasteiger partial charge on any atom is -0.490 e. The lowest BCUT2D eigenvalue weighted by Gasteiger charge is -2.21. The topological polar surface area (TPSA) is 63.5 Å². The van der Waals surface area contributed by atoms with Crippen LogP contribution in [-0.2, 0) is 6.54 Å². The summed E-state index contributed by atoms with van der Waals surface area (Å²) in [6, 6.07) is 9.06. The highest BCUT2D eigenvalue weighted by atomic mass is 16.5. The first-order valence-corrected chi connectivity index (χ1v) is 7.58. The molecule has 2 heterocycles. The summed E-state index contributed by atoms with van der Waals surface area (Å²) in [5, 5.41) is 6.51. The molecule has 1 aliphatic heterocycles. The van der Waals surface area contributed by atoms with Gasteiger partial charge in [-0.2, -0.15) is 0 Å². The van der Waals surface area contributed by atoms with E-state index in [0.29, 0.717) is 18.7 Å². The van der Waals surface area contributed by atoms with Gasteiger partial charge in [0.25, 0.3) is 0 Å². The first-order valence-electron chi connectivity index (χ1n) is 7.58. The van der Waals surface area contributed by atoms with Gasteiger partial charge in [-0.3, -0.25) is 4.79 Å². The van der Waals surface area contributed by atoms with Crippen LogP contribution in [0.2, 0.25) is 0 Å². The van der Waals surface area contributed by atoms with Gasteiger partial charge in [0.2, 0.25) is 0 Å². The quantitative estimate of drug-likeness (QED) is 0.803. The zero-order chi connectivity index (χ0) is 15.4. The molecule has 0 fully saturated rings. The highest BCUT2D eigenvalue weighted by Gasteiger charge is 2.20. The van der Waals surface area contributed by atoms with E-state index in [1.165, 1.54) is 0 Å².